The van der Waals surface area contributed by atoms with Gasteiger partial charge in [-0.2, -0.15) is 0 Å². The molecule has 1 atom stereocenters. The minimum absolute atomic E-state index is 0.162. The van der Waals surface area contributed by atoms with Crippen LogP contribution in [0.4, 0.5) is 0 Å². The van der Waals surface area contributed by atoms with Crippen molar-refractivity contribution in [3.63, 3.8) is 0 Å². The largest absolute Gasteiger partial charge is 0.367 e. The molecule has 0 amide bonds. The van der Waals surface area contributed by atoms with Gasteiger partial charge in [-0.1, -0.05) is 0 Å². The monoisotopic (exact) mass is 224 g/mol. The number of ketones is 1. The fourth-order valence-corrected chi connectivity index (χ4v) is 2.94. The molecule has 1 aromatic rings. The van der Waals surface area contributed by atoms with Crippen molar-refractivity contribution in [3.05, 3.63) is 21.9 Å². The van der Waals surface area contributed by atoms with Crippen molar-refractivity contribution in [2.75, 3.05) is 6.61 Å². The summed E-state index contributed by atoms with van der Waals surface area (Å²) in [7, 11) is 0. The lowest BCUT2D eigenvalue weighted by atomic mass is 9.90. The van der Waals surface area contributed by atoms with Gasteiger partial charge in [-0.15, -0.1) is 11.3 Å². The molecular weight excluding hydrogens is 208 g/mol. The second-order valence-electron chi connectivity index (χ2n) is 4.30. The van der Waals surface area contributed by atoms with Crippen molar-refractivity contribution in [1.82, 2.24) is 0 Å². The summed E-state index contributed by atoms with van der Waals surface area (Å²) >= 11 is 1.52. The number of hydrogen-bond acceptors (Lipinski definition) is 3. The summed E-state index contributed by atoms with van der Waals surface area (Å²) in [5.41, 5.74) is 0.494. The smallest absolute Gasteiger partial charge is 0.204 e. The average Bonchev–Trinajstić information content (AvgIpc) is 2.64. The molecule has 0 radical (unpaired) electrons. The van der Waals surface area contributed by atoms with Gasteiger partial charge in [0.2, 0.25) is 5.78 Å². The van der Waals surface area contributed by atoms with Gasteiger partial charge in [-0.3, -0.25) is 4.79 Å². The van der Waals surface area contributed by atoms with Gasteiger partial charge in [0, 0.05) is 6.61 Å². The Morgan fingerprint density at radius 3 is 2.87 bits per heavy atom. The lowest BCUT2D eigenvalue weighted by molar-refractivity contribution is -0.0424. The highest BCUT2D eigenvalue weighted by molar-refractivity contribution is 7.12. The van der Waals surface area contributed by atoms with Crippen LogP contribution in [0.3, 0.4) is 0 Å². The Morgan fingerprint density at radius 1 is 1.53 bits per heavy atom. The highest BCUT2D eigenvalue weighted by Gasteiger charge is 2.37. The Balaban J connectivity index is 2.23. The Morgan fingerprint density at radius 2 is 2.33 bits per heavy atom. The lowest BCUT2D eigenvalue weighted by Crippen LogP contribution is -2.41. The predicted molar refractivity (Wildman–Crippen MR) is 61.6 cm³/mol. The highest BCUT2D eigenvalue weighted by Crippen LogP contribution is 2.31. The summed E-state index contributed by atoms with van der Waals surface area (Å²) in [6, 6.07) is 1.99. The molecule has 0 spiro atoms. The SMILES string of the molecule is Cc1ccsc1C(=O)C1(C)CCCCO1. The fraction of sp³-hybridized carbons (Fsp3) is 0.583. The maximum absolute atomic E-state index is 12.3. The van der Waals surface area contributed by atoms with Gasteiger partial charge >= 0.3 is 0 Å². The maximum Gasteiger partial charge on any atom is 0.204 e. The van der Waals surface area contributed by atoms with Gasteiger partial charge in [0.15, 0.2) is 0 Å². The first-order valence-corrected chi connectivity index (χ1v) is 6.24. The maximum atomic E-state index is 12.3. The average molecular weight is 224 g/mol. The van der Waals surface area contributed by atoms with Gasteiger partial charge < -0.3 is 4.74 Å². The van der Waals surface area contributed by atoms with E-state index in [9.17, 15) is 4.79 Å². The number of aryl methyl sites for hydroxylation is 1. The van der Waals surface area contributed by atoms with Gasteiger partial charge in [0.05, 0.1) is 4.88 Å². The molecule has 15 heavy (non-hydrogen) atoms. The van der Waals surface area contributed by atoms with Crippen LogP contribution in [0.2, 0.25) is 0 Å². The van der Waals surface area contributed by atoms with Crippen molar-refractivity contribution in [3.8, 4) is 0 Å². The molecule has 3 heteroatoms. The number of rotatable bonds is 2. The van der Waals surface area contributed by atoms with E-state index >= 15 is 0 Å². The Hall–Kier alpha value is -0.670. The third kappa shape index (κ3) is 1.99. The van der Waals surface area contributed by atoms with E-state index in [1.807, 2.05) is 25.3 Å². The van der Waals surface area contributed by atoms with Crippen molar-refractivity contribution < 1.29 is 9.53 Å². The second-order valence-corrected chi connectivity index (χ2v) is 5.21. The second kappa shape index (κ2) is 4.06. The number of carbonyl (C=O) groups excluding carboxylic acids is 1. The Kier molecular flexibility index (Phi) is 2.94. The summed E-state index contributed by atoms with van der Waals surface area (Å²) in [6.45, 7) is 4.62. The Labute approximate surface area is 94.3 Å². The number of Topliss-reactive ketones (excluding diaryl/α,β-unsaturated/α-hetero) is 1. The molecule has 1 aromatic heterocycles. The number of thiophene rings is 1. The third-order valence-electron chi connectivity index (χ3n) is 3.02. The molecule has 1 saturated heterocycles. The standard InChI is InChI=1S/C12H16O2S/c1-9-5-8-15-10(9)11(13)12(2)6-3-4-7-14-12/h5,8H,3-4,6-7H2,1-2H3. The van der Waals surface area contributed by atoms with E-state index in [1.54, 1.807) is 0 Å². The van der Waals surface area contributed by atoms with E-state index in [0.29, 0.717) is 6.61 Å². The molecule has 1 unspecified atom stereocenters. The Bertz CT molecular complexity index is 361. The molecule has 0 N–H and O–H groups in total. The first kappa shape index (κ1) is 10.8. The van der Waals surface area contributed by atoms with Crippen LogP contribution in [0.5, 0.6) is 0 Å². The molecule has 0 saturated carbocycles. The number of hydrogen-bond donors (Lipinski definition) is 0. The summed E-state index contributed by atoms with van der Waals surface area (Å²) in [6.07, 6.45) is 3.02. The molecule has 1 fully saturated rings. The topological polar surface area (TPSA) is 26.3 Å². The zero-order chi connectivity index (χ0) is 10.9. The minimum atomic E-state index is -0.576. The first-order valence-electron chi connectivity index (χ1n) is 5.36. The van der Waals surface area contributed by atoms with E-state index in [4.69, 9.17) is 4.74 Å². The van der Waals surface area contributed by atoms with Gasteiger partial charge in [0.25, 0.3) is 0 Å². The summed E-state index contributed by atoms with van der Waals surface area (Å²) in [5, 5.41) is 1.97. The molecule has 0 aliphatic carbocycles. The molecule has 1 aliphatic heterocycles. The van der Waals surface area contributed by atoms with Crippen molar-refractivity contribution in [2.24, 2.45) is 0 Å². The van der Waals surface area contributed by atoms with Crippen LogP contribution in [0, 0.1) is 6.92 Å². The van der Waals surface area contributed by atoms with E-state index in [-0.39, 0.29) is 5.78 Å². The van der Waals surface area contributed by atoms with Gasteiger partial charge in [-0.25, -0.2) is 0 Å². The van der Waals surface area contributed by atoms with Gasteiger partial charge in [0.1, 0.15) is 5.60 Å². The molecule has 2 nitrogen and oxygen atoms in total. The van der Waals surface area contributed by atoms with E-state index < -0.39 is 5.60 Å². The van der Waals surface area contributed by atoms with E-state index in [0.717, 1.165) is 29.7 Å². The van der Waals surface area contributed by atoms with Crippen LogP contribution in [0.25, 0.3) is 0 Å². The van der Waals surface area contributed by atoms with E-state index in [2.05, 4.69) is 0 Å². The molecule has 82 valence electrons. The zero-order valence-electron chi connectivity index (χ0n) is 9.21. The molecule has 2 heterocycles. The molecule has 1 aliphatic rings. The van der Waals surface area contributed by atoms with Crippen molar-refractivity contribution >= 4 is 17.1 Å². The van der Waals surface area contributed by atoms with Crippen molar-refractivity contribution in [2.45, 2.75) is 38.7 Å². The van der Waals surface area contributed by atoms with Crippen LogP contribution in [-0.4, -0.2) is 18.0 Å². The van der Waals surface area contributed by atoms with Crippen LogP contribution in [-0.2, 0) is 4.74 Å². The summed E-state index contributed by atoms with van der Waals surface area (Å²) in [5.74, 6) is 0.162. The molecule has 2 rings (SSSR count). The minimum Gasteiger partial charge on any atom is -0.367 e. The van der Waals surface area contributed by atoms with Gasteiger partial charge in [-0.05, 0) is 50.1 Å². The van der Waals surface area contributed by atoms with E-state index in [1.165, 1.54) is 11.3 Å². The van der Waals surface area contributed by atoms with Crippen LogP contribution in [0.1, 0.15) is 41.4 Å². The predicted octanol–water partition coefficient (Wildman–Crippen LogP) is 3.20. The van der Waals surface area contributed by atoms with Crippen LogP contribution >= 0.6 is 11.3 Å². The fourth-order valence-electron chi connectivity index (χ4n) is 1.96. The third-order valence-corrected chi connectivity index (χ3v) is 4.03. The molecule has 0 bridgehead atoms. The highest BCUT2D eigenvalue weighted by atomic mass is 32.1. The van der Waals surface area contributed by atoms with Crippen molar-refractivity contribution in [1.29, 1.82) is 0 Å². The normalized spacial score (nSPS) is 26.5. The molecule has 0 aromatic carbocycles. The number of ether oxygens (including phenoxy) is 1. The lowest BCUT2D eigenvalue weighted by Gasteiger charge is -2.32. The summed E-state index contributed by atoms with van der Waals surface area (Å²) < 4.78 is 5.66. The number of carbonyl (C=O) groups is 1. The first-order chi connectivity index (χ1) is 7.13. The zero-order valence-corrected chi connectivity index (χ0v) is 10.0. The molecular formula is C12H16O2S. The van der Waals surface area contributed by atoms with Crippen LogP contribution < -0.4 is 0 Å². The summed E-state index contributed by atoms with van der Waals surface area (Å²) in [4.78, 5) is 13.1. The van der Waals surface area contributed by atoms with Crippen LogP contribution in [0.15, 0.2) is 11.4 Å². The quantitative estimate of drug-likeness (QED) is 0.721.